The second kappa shape index (κ2) is 10.5. The van der Waals surface area contributed by atoms with Crippen molar-refractivity contribution in [1.82, 2.24) is 10.9 Å². The van der Waals surface area contributed by atoms with E-state index in [1.54, 1.807) is 0 Å². The fraction of sp³-hybridized carbons (Fsp3) is 0.158. The van der Waals surface area contributed by atoms with Gasteiger partial charge in [0.25, 0.3) is 0 Å². The molecule has 0 bridgehead atoms. The van der Waals surface area contributed by atoms with E-state index in [0.717, 1.165) is 0 Å². The van der Waals surface area contributed by atoms with E-state index in [1.165, 1.54) is 61.0 Å². The molecule has 0 aromatic heterocycles. The van der Waals surface area contributed by atoms with Gasteiger partial charge in [0.05, 0.1) is 12.4 Å². The van der Waals surface area contributed by atoms with Gasteiger partial charge in [-0.1, -0.05) is 24.3 Å². The maximum absolute atomic E-state index is 12.8. The molecule has 0 saturated carbocycles. The van der Waals surface area contributed by atoms with Crippen LogP contribution in [0.4, 0.5) is 8.78 Å². The molecule has 0 fully saturated rings. The van der Waals surface area contributed by atoms with Gasteiger partial charge in [-0.25, -0.2) is 19.6 Å². The van der Waals surface area contributed by atoms with Crippen LogP contribution in [-0.4, -0.2) is 24.2 Å². The van der Waals surface area contributed by atoms with E-state index in [2.05, 4.69) is 21.1 Å². The molecule has 0 aliphatic carbocycles. The molecule has 2 rings (SSSR count). The Morgan fingerprint density at radius 2 is 1.11 bits per heavy atom. The van der Waals surface area contributed by atoms with Gasteiger partial charge in [0.2, 0.25) is 11.8 Å². The maximum atomic E-state index is 12.8. The average molecular weight is 372 g/mol. The Balaban J connectivity index is 1.61. The summed E-state index contributed by atoms with van der Waals surface area (Å²) in [4.78, 5) is 23.2. The number of halogens is 2. The first-order chi connectivity index (χ1) is 13.0. The van der Waals surface area contributed by atoms with Crippen molar-refractivity contribution < 1.29 is 18.4 Å². The van der Waals surface area contributed by atoms with Crippen LogP contribution in [0, 0.1) is 11.6 Å². The van der Waals surface area contributed by atoms with Crippen molar-refractivity contribution in [1.29, 1.82) is 0 Å². The number of hydrogen-bond donors (Lipinski definition) is 2. The van der Waals surface area contributed by atoms with Crippen LogP contribution >= 0.6 is 0 Å². The van der Waals surface area contributed by atoms with Gasteiger partial charge in [-0.15, -0.1) is 0 Å². The molecule has 8 heteroatoms. The van der Waals surface area contributed by atoms with Crippen LogP contribution in [0.1, 0.15) is 30.4 Å². The van der Waals surface area contributed by atoms with E-state index in [9.17, 15) is 18.4 Å². The van der Waals surface area contributed by atoms with Gasteiger partial charge in [0.1, 0.15) is 11.6 Å². The van der Waals surface area contributed by atoms with Crippen molar-refractivity contribution in [3.05, 3.63) is 71.3 Å². The maximum Gasteiger partial charge on any atom is 0.240 e. The highest BCUT2D eigenvalue weighted by Gasteiger charge is 2.04. The summed E-state index contributed by atoms with van der Waals surface area (Å²) in [5, 5.41) is 7.52. The van der Waals surface area contributed by atoms with E-state index in [4.69, 9.17) is 0 Å². The third kappa shape index (κ3) is 8.00. The molecule has 0 aliphatic rings. The zero-order valence-electron chi connectivity index (χ0n) is 14.4. The average Bonchev–Trinajstić information content (AvgIpc) is 2.65. The third-order valence-corrected chi connectivity index (χ3v) is 3.35. The van der Waals surface area contributed by atoms with Crippen molar-refractivity contribution in [2.24, 2.45) is 10.2 Å². The van der Waals surface area contributed by atoms with Gasteiger partial charge >= 0.3 is 0 Å². The second-order valence-corrected chi connectivity index (χ2v) is 5.54. The predicted octanol–water partition coefficient (Wildman–Crippen LogP) is 2.74. The van der Waals surface area contributed by atoms with Gasteiger partial charge in [-0.05, 0) is 41.8 Å². The van der Waals surface area contributed by atoms with Crippen LogP contribution in [0.25, 0.3) is 0 Å². The Bertz CT molecular complexity index is 749. The van der Waals surface area contributed by atoms with E-state index in [0.29, 0.717) is 17.5 Å². The number of hydrogen-bond acceptors (Lipinski definition) is 4. The van der Waals surface area contributed by atoms with Gasteiger partial charge < -0.3 is 0 Å². The smallest absolute Gasteiger partial charge is 0.240 e. The molecule has 0 spiro atoms. The van der Waals surface area contributed by atoms with Crippen molar-refractivity contribution >= 4 is 24.2 Å². The van der Waals surface area contributed by atoms with E-state index < -0.39 is 0 Å². The molecule has 2 N–H and O–H groups in total. The summed E-state index contributed by atoms with van der Waals surface area (Å²) in [5.41, 5.74) is 5.96. The van der Waals surface area contributed by atoms with Crippen molar-refractivity contribution in [2.45, 2.75) is 19.3 Å². The van der Waals surface area contributed by atoms with Crippen LogP contribution in [-0.2, 0) is 9.59 Å². The number of carbonyl (C=O) groups is 2. The summed E-state index contributed by atoms with van der Waals surface area (Å²) in [7, 11) is 0. The Labute approximate surface area is 155 Å². The minimum Gasteiger partial charge on any atom is -0.273 e. The van der Waals surface area contributed by atoms with E-state index >= 15 is 0 Å². The first-order valence-corrected chi connectivity index (χ1v) is 8.18. The number of rotatable bonds is 8. The van der Waals surface area contributed by atoms with Crippen molar-refractivity contribution in [3.8, 4) is 0 Å². The Morgan fingerprint density at radius 1 is 0.741 bits per heavy atom. The number of nitrogens with one attached hydrogen (secondary N) is 2. The van der Waals surface area contributed by atoms with Crippen molar-refractivity contribution in [2.75, 3.05) is 0 Å². The van der Waals surface area contributed by atoms with Crippen LogP contribution in [0.3, 0.4) is 0 Å². The standard InChI is InChI=1S/C19H18F2N4O2/c20-16-8-4-14(5-9-16)12-22-24-18(26)2-1-3-19(27)25-23-13-15-6-10-17(21)11-7-15/h4-13H,1-3H2,(H,24,26)(H,25,27)/b22-12+,23-13+. The van der Waals surface area contributed by atoms with Crippen molar-refractivity contribution in [3.63, 3.8) is 0 Å². The van der Waals surface area contributed by atoms with E-state index in [-0.39, 0.29) is 36.3 Å². The number of nitrogens with zero attached hydrogens (tertiary/aromatic N) is 2. The molecule has 6 nitrogen and oxygen atoms in total. The molecule has 140 valence electrons. The summed E-state index contributed by atoms with van der Waals surface area (Å²) in [6.07, 6.45) is 3.37. The topological polar surface area (TPSA) is 82.9 Å². The highest BCUT2D eigenvalue weighted by molar-refractivity contribution is 5.83. The minimum atomic E-state index is -0.350. The Morgan fingerprint density at radius 3 is 1.48 bits per heavy atom. The molecule has 0 radical (unpaired) electrons. The number of hydrazone groups is 2. The van der Waals surface area contributed by atoms with Gasteiger partial charge in [0.15, 0.2) is 0 Å². The molecule has 27 heavy (non-hydrogen) atoms. The highest BCUT2D eigenvalue weighted by atomic mass is 19.1. The molecule has 2 aromatic carbocycles. The lowest BCUT2D eigenvalue weighted by molar-refractivity contribution is -0.122. The highest BCUT2D eigenvalue weighted by Crippen LogP contribution is 2.01. The molecule has 0 heterocycles. The largest absolute Gasteiger partial charge is 0.273 e. The predicted molar refractivity (Wildman–Crippen MR) is 98.1 cm³/mol. The minimum absolute atomic E-state index is 0.121. The molecular weight excluding hydrogens is 354 g/mol. The lowest BCUT2D eigenvalue weighted by atomic mass is 10.2. The fourth-order valence-electron chi connectivity index (χ4n) is 1.98. The summed E-state index contributed by atoms with van der Waals surface area (Å²) in [5.74, 6) is -1.38. The van der Waals surface area contributed by atoms with Crippen LogP contribution in [0.5, 0.6) is 0 Å². The first kappa shape index (κ1) is 19.9. The zero-order chi connectivity index (χ0) is 19.5. The third-order valence-electron chi connectivity index (χ3n) is 3.35. The fourth-order valence-corrected chi connectivity index (χ4v) is 1.98. The normalized spacial score (nSPS) is 11.0. The Hall–Kier alpha value is -3.42. The summed E-state index contributed by atoms with van der Waals surface area (Å²) in [6, 6.07) is 11.3. The summed E-state index contributed by atoms with van der Waals surface area (Å²) in [6.45, 7) is 0. The van der Waals surface area contributed by atoms with Gasteiger partial charge in [-0.2, -0.15) is 10.2 Å². The molecular formula is C19H18F2N4O2. The van der Waals surface area contributed by atoms with Crippen LogP contribution < -0.4 is 10.9 Å². The zero-order valence-corrected chi connectivity index (χ0v) is 14.4. The summed E-state index contributed by atoms with van der Waals surface area (Å²) >= 11 is 0. The van der Waals surface area contributed by atoms with Crippen LogP contribution in [0.2, 0.25) is 0 Å². The summed E-state index contributed by atoms with van der Waals surface area (Å²) < 4.78 is 25.5. The van der Waals surface area contributed by atoms with Crippen LogP contribution in [0.15, 0.2) is 58.7 Å². The molecule has 0 unspecified atom stereocenters. The number of carbonyl (C=O) groups excluding carboxylic acids is 2. The molecule has 0 aliphatic heterocycles. The lowest BCUT2D eigenvalue weighted by Gasteiger charge is -2.00. The monoisotopic (exact) mass is 372 g/mol. The number of benzene rings is 2. The quantitative estimate of drug-likeness (QED) is 0.552. The van der Waals surface area contributed by atoms with Gasteiger partial charge in [-0.3, -0.25) is 9.59 Å². The molecule has 0 atom stereocenters. The van der Waals surface area contributed by atoms with E-state index in [1.807, 2.05) is 0 Å². The lowest BCUT2D eigenvalue weighted by Crippen LogP contribution is -2.20. The number of amides is 2. The molecule has 2 aromatic rings. The first-order valence-electron chi connectivity index (χ1n) is 8.18. The van der Waals surface area contributed by atoms with Gasteiger partial charge in [0, 0.05) is 12.8 Å². The second-order valence-electron chi connectivity index (χ2n) is 5.54. The SMILES string of the molecule is O=C(CCCC(=O)N/N=C/c1ccc(F)cc1)N/N=C/c1ccc(F)cc1. The molecule has 0 saturated heterocycles. The Kier molecular flexibility index (Phi) is 7.77. The molecule has 2 amide bonds.